The first-order chi connectivity index (χ1) is 6.63. The first-order valence-corrected chi connectivity index (χ1v) is 5.76. The lowest BCUT2D eigenvalue weighted by molar-refractivity contribution is 1.04. The SMILES string of the molecule is CSC(N)=NCc1cc(C)ccc1C. The van der Waals surface area contributed by atoms with Crippen LogP contribution < -0.4 is 5.73 Å². The van der Waals surface area contributed by atoms with Gasteiger partial charge in [0.2, 0.25) is 0 Å². The zero-order valence-electron chi connectivity index (χ0n) is 8.87. The summed E-state index contributed by atoms with van der Waals surface area (Å²) in [5, 5.41) is 0.644. The maximum atomic E-state index is 5.62. The van der Waals surface area contributed by atoms with E-state index >= 15 is 0 Å². The molecule has 0 aliphatic carbocycles. The van der Waals surface area contributed by atoms with Gasteiger partial charge in [-0.05, 0) is 31.2 Å². The summed E-state index contributed by atoms with van der Waals surface area (Å²) >= 11 is 1.48. The number of amidine groups is 1. The Labute approximate surface area is 89.6 Å². The van der Waals surface area contributed by atoms with Gasteiger partial charge in [0.15, 0.2) is 5.17 Å². The molecule has 1 aromatic rings. The highest BCUT2D eigenvalue weighted by Crippen LogP contribution is 2.12. The molecule has 0 radical (unpaired) electrons. The highest BCUT2D eigenvalue weighted by atomic mass is 32.2. The number of aryl methyl sites for hydroxylation is 2. The first kappa shape index (κ1) is 11.1. The van der Waals surface area contributed by atoms with Crippen LogP contribution in [-0.2, 0) is 6.54 Å². The van der Waals surface area contributed by atoms with Gasteiger partial charge < -0.3 is 5.73 Å². The van der Waals surface area contributed by atoms with E-state index in [2.05, 4.69) is 37.0 Å². The van der Waals surface area contributed by atoms with Crippen molar-refractivity contribution >= 4 is 16.9 Å². The molecule has 0 saturated heterocycles. The fourth-order valence-corrected chi connectivity index (χ4v) is 1.39. The van der Waals surface area contributed by atoms with Crippen molar-refractivity contribution in [3.8, 4) is 0 Å². The van der Waals surface area contributed by atoms with Crippen LogP contribution >= 0.6 is 11.8 Å². The number of nitrogens with zero attached hydrogens (tertiary/aromatic N) is 1. The molecule has 0 aliphatic heterocycles. The van der Waals surface area contributed by atoms with Crippen molar-refractivity contribution in [1.29, 1.82) is 0 Å². The van der Waals surface area contributed by atoms with Crippen LogP contribution in [0, 0.1) is 13.8 Å². The Morgan fingerprint density at radius 2 is 2.14 bits per heavy atom. The van der Waals surface area contributed by atoms with Crippen LogP contribution in [0.3, 0.4) is 0 Å². The van der Waals surface area contributed by atoms with E-state index in [1.165, 1.54) is 28.5 Å². The van der Waals surface area contributed by atoms with Crippen LogP contribution in [0.15, 0.2) is 23.2 Å². The van der Waals surface area contributed by atoms with E-state index in [1.54, 1.807) is 0 Å². The Balaban J connectivity index is 2.81. The van der Waals surface area contributed by atoms with Gasteiger partial charge in [-0.2, -0.15) is 0 Å². The van der Waals surface area contributed by atoms with E-state index in [9.17, 15) is 0 Å². The van der Waals surface area contributed by atoms with Crippen LogP contribution in [0.4, 0.5) is 0 Å². The monoisotopic (exact) mass is 208 g/mol. The van der Waals surface area contributed by atoms with Crippen molar-refractivity contribution in [1.82, 2.24) is 0 Å². The maximum Gasteiger partial charge on any atom is 0.153 e. The summed E-state index contributed by atoms with van der Waals surface area (Å²) in [6.07, 6.45) is 1.93. The van der Waals surface area contributed by atoms with Gasteiger partial charge in [0.05, 0.1) is 6.54 Å². The van der Waals surface area contributed by atoms with Crippen LogP contribution in [0.5, 0.6) is 0 Å². The largest absolute Gasteiger partial charge is 0.379 e. The van der Waals surface area contributed by atoms with Gasteiger partial charge in [-0.25, -0.2) is 0 Å². The number of thioether (sulfide) groups is 1. The lowest BCUT2D eigenvalue weighted by Gasteiger charge is -2.04. The summed E-state index contributed by atoms with van der Waals surface area (Å²) in [5.41, 5.74) is 9.41. The van der Waals surface area contributed by atoms with Gasteiger partial charge in [-0.1, -0.05) is 35.5 Å². The Kier molecular flexibility index (Phi) is 4.01. The van der Waals surface area contributed by atoms with Crippen molar-refractivity contribution < 1.29 is 0 Å². The van der Waals surface area contributed by atoms with E-state index in [4.69, 9.17) is 5.73 Å². The molecule has 0 fully saturated rings. The summed E-state index contributed by atoms with van der Waals surface area (Å²) in [7, 11) is 0. The normalized spacial score (nSPS) is 11.8. The van der Waals surface area contributed by atoms with Crippen molar-refractivity contribution in [2.75, 3.05) is 6.26 Å². The van der Waals surface area contributed by atoms with Crippen molar-refractivity contribution in [3.05, 3.63) is 34.9 Å². The predicted molar refractivity (Wildman–Crippen MR) is 64.8 cm³/mol. The zero-order valence-corrected chi connectivity index (χ0v) is 9.69. The highest BCUT2D eigenvalue weighted by Gasteiger charge is 1.97. The molecule has 2 N–H and O–H groups in total. The molecule has 0 saturated carbocycles. The quantitative estimate of drug-likeness (QED) is 0.599. The first-order valence-electron chi connectivity index (χ1n) is 4.53. The summed E-state index contributed by atoms with van der Waals surface area (Å²) in [4.78, 5) is 4.27. The van der Waals surface area contributed by atoms with E-state index in [0.29, 0.717) is 11.7 Å². The minimum absolute atomic E-state index is 0.644. The standard InChI is InChI=1S/C11H16N2S/c1-8-4-5-9(2)10(6-8)7-13-11(12)14-3/h4-6H,7H2,1-3H3,(H2,12,13). The molecular formula is C11H16N2S. The molecule has 1 aromatic carbocycles. The van der Waals surface area contributed by atoms with Gasteiger partial charge in [-0.15, -0.1) is 0 Å². The van der Waals surface area contributed by atoms with Crippen LogP contribution in [0.25, 0.3) is 0 Å². The second-order valence-corrected chi connectivity index (χ2v) is 4.12. The smallest absolute Gasteiger partial charge is 0.153 e. The Morgan fingerprint density at radius 1 is 1.43 bits per heavy atom. The average Bonchev–Trinajstić information content (AvgIpc) is 2.19. The average molecular weight is 208 g/mol. The highest BCUT2D eigenvalue weighted by molar-refractivity contribution is 8.13. The summed E-state index contributed by atoms with van der Waals surface area (Å²) < 4.78 is 0. The predicted octanol–water partition coefficient (Wildman–Crippen LogP) is 2.48. The molecule has 0 aliphatic rings. The Hall–Kier alpha value is -0.960. The van der Waals surface area contributed by atoms with Gasteiger partial charge in [0.1, 0.15) is 0 Å². The molecule has 0 aromatic heterocycles. The van der Waals surface area contributed by atoms with Crippen molar-refractivity contribution in [3.63, 3.8) is 0 Å². The van der Waals surface area contributed by atoms with Crippen LogP contribution in [0.1, 0.15) is 16.7 Å². The second kappa shape index (κ2) is 5.05. The number of hydrogen-bond donors (Lipinski definition) is 1. The molecule has 1 rings (SSSR count). The third-order valence-electron chi connectivity index (χ3n) is 2.12. The topological polar surface area (TPSA) is 38.4 Å². The minimum Gasteiger partial charge on any atom is -0.379 e. The number of nitrogens with two attached hydrogens (primary N) is 1. The molecule has 0 atom stereocenters. The second-order valence-electron chi connectivity index (χ2n) is 3.29. The summed E-state index contributed by atoms with van der Waals surface area (Å²) in [6.45, 7) is 4.87. The molecular weight excluding hydrogens is 192 g/mol. The Bertz CT molecular complexity index is 345. The molecule has 76 valence electrons. The van der Waals surface area contributed by atoms with Gasteiger partial charge >= 0.3 is 0 Å². The molecule has 0 spiro atoms. The number of rotatable bonds is 2. The maximum absolute atomic E-state index is 5.62. The van der Waals surface area contributed by atoms with E-state index < -0.39 is 0 Å². The third-order valence-corrected chi connectivity index (χ3v) is 2.67. The molecule has 3 heteroatoms. The lowest BCUT2D eigenvalue weighted by Crippen LogP contribution is -2.06. The van der Waals surface area contributed by atoms with Gasteiger partial charge in [0, 0.05) is 0 Å². The van der Waals surface area contributed by atoms with Crippen LogP contribution in [0.2, 0.25) is 0 Å². The van der Waals surface area contributed by atoms with Crippen molar-refractivity contribution in [2.24, 2.45) is 10.7 Å². The molecule has 0 heterocycles. The minimum atomic E-state index is 0.644. The molecule has 14 heavy (non-hydrogen) atoms. The molecule has 2 nitrogen and oxygen atoms in total. The van der Waals surface area contributed by atoms with E-state index in [-0.39, 0.29) is 0 Å². The lowest BCUT2D eigenvalue weighted by atomic mass is 10.1. The molecule has 0 amide bonds. The Morgan fingerprint density at radius 3 is 2.79 bits per heavy atom. The zero-order chi connectivity index (χ0) is 10.6. The van der Waals surface area contributed by atoms with Gasteiger partial charge in [0.25, 0.3) is 0 Å². The number of benzene rings is 1. The third kappa shape index (κ3) is 3.07. The number of hydrogen-bond acceptors (Lipinski definition) is 2. The number of aliphatic imine (C=N–C) groups is 1. The van der Waals surface area contributed by atoms with Gasteiger partial charge in [-0.3, -0.25) is 4.99 Å². The fraction of sp³-hybridized carbons (Fsp3) is 0.364. The summed E-state index contributed by atoms with van der Waals surface area (Å²) in [6, 6.07) is 6.39. The van der Waals surface area contributed by atoms with Crippen molar-refractivity contribution in [2.45, 2.75) is 20.4 Å². The summed E-state index contributed by atoms with van der Waals surface area (Å²) in [5.74, 6) is 0. The van der Waals surface area contributed by atoms with E-state index in [1.807, 2.05) is 6.26 Å². The van der Waals surface area contributed by atoms with Crippen LogP contribution in [-0.4, -0.2) is 11.4 Å². The van der Waals surface area contributed by atoms with E-state index in [0.717, 1.165) is 0 Å². The molecule has 0 bridgehead atoms. The molecule has 0 unspecified atom stereocenters. The fourth-order valence-electron chi connectivity index (χ4n) is 1.20.